The monoisotopic (exact) mass is 334 g/mol. The zero-order chi connectivity index (χ0) is 17.2. The second kappa shape index (κ2) is 6.31. The quantitative estimate of drug-likeness (QED) is 0.604. The van der Waals surface area contributed by atoms with Crippen molar-refractivity contribution in [2.75, 3.05) is 5.32 Å². The van der Waals surface area contributed by atoms with E-state index < -0.39 is 0 Å². The van der Waals surface area contributed by atoms with Gasteiger partial charge in [-0.2, -0.15) is 4.52 Å². The van der Waals surface area contributed by atoms with Crippen LogP contribution in [0.2, 0.25) is 0 Å². The first-order chi connectivity index (χ1) is 12.2. The van der Waals surface area contributed by atoms with Crippen LogP contribution in [0.25, 0.3) is 17.0 Å². The van der Waals surface area contributed by atoms with Gasteiger partial charge in [-0.05, 0) is 26.0 Å². The average Bonchev–Trinajstić information content (AvgIpc) is 3.27. The Morgan fingerprint density at radius 1 is 1.00 bits per heavy atom. The first-order valence-corrected chi connectivity index (χ1v) is 8.12. The van der Waals surface area contributed by atoms with E-state index in [1.54, 1.807) is 10.8 Å². The minimum atomic E-state index is 0.310. The summed E-state index contributed by atoms with van der Waals surface area (Å²) in [5.41, 5.74) is 1.67. The Kier molecular flexibility index (Phi) is 3.85. The van der Waals surface area contributed by atoms with E-state index in [0.717, 1.165) is 17.2 Å². The van der Waals surface area contributed by atoms with Gasteiger partial charge in [0.2, 0.25) is 0 Å². The lowest BCUT2D eigenvalue weighted by atomic mass is 10.2. The highest BCUT2D eigenvalue weighted by Crippen LogP contribution is 2.18. The van der Waals surface area contributed by atoms with Crippen LogP contribution in [0, 0.1) is 0 Å². The van der Waals surface area contributed by atoms with Crippen LogP contribution < -0.4 is 5.32 Å². The third kappa shape index (κ3) is 2.93. The van der Waals surface area contributed by atoms with E-state index >= 15 is 0 Å². The van der Waals surface area contributed by atoms with Crippen molar-refractivity contribution >= 4 is 11.5 Å². The molecule has 0 aliphatic carbocycles. The number of benzene rings is 1. The Morgan fingerprint density at radius 2 is 1.84 bits per heavy atom. The van der Waals surface area contributed by atoms with Crippen molar-refractivity contribution in [1.29, 1.82) is 0 Å². The molecule has 0 fully saturated rings. The lowest BCUT2D eigenvalue weighted by molar-refractivity contribution is 0.572. The van der Waals surface area contributed by atoms with Gasteiger partial charge in [0.1, 0.15) is 12.1 Å². The molecule has 0 atom stereocenters. The molecule has 0 aliphatic rings. The van der Waals surface area contributed by atoms with Gasteiger partial charge in [0.15, 0.2) is 17.3 Å². The third-order valence-electron chi connectivity index (χ3n) is 3.93. The van der Waals surface area contributed by atoms with Gasteiger partial charge in [-0.1, -0.05) is 30.3 Å². The van der Waals surface area contributed by atoms with Gasteiger partial charge < -0.3 is 9.88 Å². The second-order valence-corrected chi connectivity index (χ2v) is 5.98. The van der Waals surface area contributed by atoms with Crippen molar-refractivity contribution in [3.05, 3.63) is 54.6 Å². The molecule has 1 aromatic carbocycles. The summed E-state index contributed by atoms with van der Waals surface area (Å²) in [6.07, 6.45) is 1.74. The van der Waals surface area contributed by atoms with Crippen molar-refractivity contribution in [2.45, 2.75) is 26.4 Å². The molecule has 8 nitrogen and oxygen atoms in total. The van der Waals surface area contributed by atoms with Gasteiger partial charge in [0.05, 0.1) is 6.54 Å². The number of nitrogens with one attached hydrogen (secondary N) is 1. The summed E-state index contributed by atoms with van der Waals surface area (Å²) in [4.78, 5) is 0. The Hall–Kier alpha value is -3.29. The molecule has 126 valence electrons. The predicted molar refractivity (Wildman–Crippen MR) is 94.0 cm³/mol. The SMILES string of the molecule is CC(C)n1cnnc1CNc1ccc2nnc(-c3ccccc3)n2n1. The number of aromatic nitrogens is 7. The molecule has 0 saturated carbocycles. The fourth-order valence-corrected chi connectivity index (χ4v) is 2.64. The molecule has 3 aromatic heterocycles. The summed E-state index contributed by atoms with van der Waals surface area (Å²) < 4.78 is 3.77. The van der Waals surface area contributed by atoms with E-state index in [1.165, 1.54) is 0 Å². The van der Waals surface area contributed by atoms with Crippen molar-refractivity contribution in [1.82, 2.24) is 34.6 Å². The molecule has 0 amide bonds. The maximum Gasteiger partial charge on any atom is 0.185 e. The first kappa shape index (κ1) is 15.3. The maximum absolute atomic E-state index is 4.61. The number of fused-ring (bicyclic) bond motifs is 1. The largest absolute Gasteiger partial charge is 0.361 e. The summed E-state index contributed by atoms with van der Waals surface area (Å²) in [6, 6.07) is 14.0. The number of hydrogen-bond acceptors (Lipinski definition) is 6. The molecule has 0 bridgehead atoms. The minimum absolute atomic E-state index is 0.310. The van der Waals surface area contributed by atoms with E-state index in [1.807, 2.05) is 47.0 Å². The first-order valence-electron chi connectivity index (χ1n) is 8.12. The van der Waals surface area contributed by atoms with Crippen molar-refractivity contribution in [2.24, 2.45) is 0 Å². The second-order valence-electron chi connectivity index (χ2n) is 5.98. The van der Waals surface area contributed by atoms with E-state index in [2.05, 4.69) is 44.7 Å². The predicted octanol–water partition coefficient (Wildman–Crippen LogP) is 2.58. The van der Waals surface area contributed by atoms with Crippen LogP contribution in [0.1, 0.15) is 25.7 Å². The summed E-state index contributed by atoms with van der Waals surface area (Å²) >= 11 is 0. The van der Waals surface area contributed by atoms with E-state index in [-0.39, 0.29) is 0 Å². The highest BCUT2D eigenvalue weighted by Gasteiger charge is 2.11. The summed E-state index contributed by atoms with van der Waals surface area (Å²) in [6.45, 7) is 4.74. The standard InChI is InChI=1S/C17H18N8/c1-12(2)24-11-19-20-16(24)10-18-14-8-9-15-21-22-17(25(15)23-14)13-6-4-3-5-7-13/h3-9,11-12H,10H2,1-2H3,(H,18,23). The maximum atomic E-state index is 4.61. The molecule has 0 saturated heterocycles. The van der Waals surface area contributed by atoms with Gasteiger partial charge in [-0.3, -0.25) is 0 Å². The molecular weight excluding hydrogens is 316 g/mol. The molecule has 4 aromatic rings. The lowest BCUT2D eigenvalue weighted by Gasteiger charge is -2.11. The minimum Gasteiger partial charge on any atom is -0.361 e. The molecule has 4 rings (SSSR count). The Morgan fingerprint density at radius 3 is 2.64 bits per heavy atom. The number of hydrogen-bond donors (Lipinski definition) is 1. The van der Waals surface area contributed by atoms with Crippen molar-refractivity contribution in [3.63, 3.8) is 0 Å². The van der Waals surface area contributed by atoms with E-state index in [9.17, 15) is 0 Å². The molecule has 3 heterocycles. The highest BCUT2D eigenvalue weighted by molar-refractivity contribution is 5.59. The molecule has 0 unspecified atom stereocenters. The fraction of sp³-hybridized carbons (Fsp3) is 0.235. The molecule has 25 heavy (non-hydrogen) atoms. The smallest absolute Gasteiger partial charge is 0.185 e. The molecule has 0 aliphatic heterocycles. The van der Waals surface area contributed by atoms with Crippen LogP contribution in [0.5, 0.6) is 0 Å². The van der Waals surface area contributed by atoms with Gasteiger partial charge in [0.25, 0.3) is 0 Å². The molecule has 0 spiro atoms. The molecule has 1 N–H and O–H groups in total. The summed E-state index contributed by atoms with van der Waals surface area (Å²) in [7, 11) is 0. The van der Waals surface area contributed by atoms with Crippen molar-refractivity contribution in [3.8, 4) is 11.4 Å². The third-order valence-corrected chi connectivity index (χ3v) is 3.93. The Bertz CT molecular complexity index is 986. The van der Waals surface area contributed by atoms with Crippen LogP contribution in [0.4, 0.5) is 5.82 Å². The van der Waals surface area contributed by atoms with Crippen LogP contribution in [-0.2, 0) is 6.54 Å². The Labute approximate surface area is 144 Å². The average molecular weight is 334 g/mol. The summed E-state index contributed by atoms with van der Waals surface area (Å²) in [5.74, 6) is 2.30. The fourth-order valence-electron chi connectivity index (χ4n) is 2.64. The zero-order valence-electron chi connectivity index (χ0n) is 14.0. The van der Waals surface area contributed by atoms with Crippen LogP contribution >= 0.6 is 0 Å². The van der Waals surface area contributed by atoms with E-state index in [4.69, 9.17) is 0 Å². The highest BCUT2D eigenvalue weighted by atomic mass is 15.4. The van der Waals surface area contributed by atoms with Crippen LogP contribution in [0.3, 0.4) is 0 Å². The number of anilines is 1. The van der Waals surface area contributed by atoms with Gasteiger partial charge in [-0.15, -0.1) is 25.5 Å². The zero-order valence-corrected chi connectivity index (χ0v) is 14.0. The van der Waals surface area contributed by atoms with E-state index in [0.29, 0.717) is 24.1 Å². The Balaban J connectivity index is 1.62. The number of rotatable bonds is 5. The lowest BCUT2D eigenvalue weighted by Crippen LogP contribution is -2.11. The summed E-state index contributed by atoms with van der Waals surface area (Å²) in [5, 5.41) is 24.5. The van der Waals surface area contributed by atoms with Crippen molar-refractivity contribution < 1.29 is 0 Å². The number of nitrogens with zero attached hydrogens (tertiary/aromatic N) is 7. The van der Waals surface area contributed by atoms with Gasteiger partial charge in [0, 0.05) is 11.6 Å². The molecule has 8 heteroatoms. The molecule has 0 radical (unpaired) electrons. The van der Waals surface area contributed by atoms with Crippen LogP contribution in [-0.4, -0.2) is 34.6 Å². The van der Waals surface area contributed by atoms with Gasteiger partial charge in [-0.25, -0.2) is 0 Å². The normalized spacial score (nSPS) is 11.3. The topological polar surface area (TPSA) is 85.8 Å². The van der Waals surface area contributed by atoms with Gasteiger partial charge >= 0.3 is 0 Å². The van der Waals surface area contributed by atoms with Crippen LogP contribution in [0.15, 0.2) is 48.8 Å². The molecular formula is C17H18N8.